The van der Waals surface area contributed by atoms with Gasteiger partial charge in [-0.1, -0.05) is 24.3 Å². The highest BCUT2D eigenvalue weighted by molar-refractivity contribution is 7.89. The maximum atomic E-state index is 12.8. The minimum absolute atomic E-state index is 0.0961. The van der Waals surface area contributed by atoms with Crippen molar-refractivity contribution in [2.75, 3.05) is 38.2 Å². The molecule has 1 aromatic heterocycles. The van der Waals surface area contributed by atoms with Crippen molar-refractivity contribution in [2.45, 2.75) is 4.90 Å². The fourth-order valence-corrected chi connectivity index (χ4v) is 6.16. The molecule has 5 rings (SSSR count). The van der Waals surface area contributed by atoms with Gasteiger partial charge in [0, 0.05) is 29.9 Å². The molecule has 0 aliphatic carbocycles. The third-order valence-corrected chi connectivity index (χ3v) is 8.64. The summed E-state index contributed by atoms with van der Waals surface area (Å²) in [5.41, 5.74) is 3.22. The van der Waals surface area contributed by atoms with E-state index in [9.17, 15) is 13.2 Å². The van der Waals surface area contributed by atoms with Crippen molar-refractivity contribution >= 4 is 43.0 Å². The summed E-state index contributed by atoms with van der Waals surface area (Å²) in [4.78, 5) is 17.6. The topological polar surface area (TPSA) is 88.6 Å². The van der Waals surface area contributed by atoms with Crippen molar-refractivity contribution in [3.63, 3.8) is 0 Å². The second-order valence-corrected chi connectivity index (χ2v) is 10.9. The molecule has 0 bridgehead atoms. The summed E-state index contributed by atoms with van der Waals surface area (Å²) in [5, 5.41) is 4.09. The minimum atomic E-state index is -3.58. The number of benzene rings is 3. The number of thiazole rings is 1. The van der Waals surface area contributed by atoms with E-state index in [1.807, 2.05) is 42.5 Å². The van der Waals surface area contributed by atoms with Crippen LogP contribution in [0.4, 0.5) is 5.69 Å². The summed E-state index contributed by atoms with van der Waals surface area (Å²) in [6.45, 7) is 1.55. The lowest BCUT2D eigenvalue weighted by Gasteiger charge is -2.26. The molecule has 4 aromatic rings. The maximum absolute atomic E-state index is 12.8. The van der Waals surface area contributed by atoms with Crippen LogP contribution in [0.15, 0.2) is 77.7 Å². The van der Waals surface area contributed by atoms with E-state index >= 15 is 0 Å². The number of morpholine rings is 1. The Morgan fingerprint density at radius 2 is 1.76 bits per heavy atom. The number of ketones is 1. The Hall–Kier alpha value is -3.11. The average molecular weight is 494 g/mol. The Kier molecular flexibility index (Phi) is 6.42. The van der Waals surface area contributed by atoms with Gasteiger partial charge in [-0.05, 0) is 48.5 Å². The summed E-state index contributed by atoms with van der Waals surface area (Å²) < 4.78 is 33.3. The maximum Gasteiger partial charge on any atom is 0.243 e. The van der Waals surface area contributed by atoms with Gasteiger partial charge in [0.05, 0.1) is 34.9 Å². The van der Waals surface area contributed by atoms with Crippen molar-refractivity contribution in [1.82, 2.24) is 9.29 Å². The van der Waals surface area contributed by atoms with Gasteiger partial charge in [-0.15, -0.1) is 11.3 Å². The Labute approximate surface area is 202 Å². The number of carbonyl (C=O) groups is 1. The molecule has 1 fully saturated rings. The highest BCUT2D eigenvalue weighted by Crippen LogP contribution is 2.31. The zero-order chi connectivity index (χ0) is 23.5. The monoisotopic (exact) mass is 493 g/mol. The third kappa shape index (κ3) is 4.74. The van der Waals surface area contributed by atoms with Crippen molar-refractivity contribution in [3.05, 3.63) is 78.4 Å². The second kappa shape index (κ2) is 9.63. The van der Waals surface area contributed by atoms with Gasteiger partial charge in [0.2, 0.25) is 10.0 Å². The zero-order valence-electron chi connectivity index (χ0n) is 18.3. The van der Waals surface area contributed by atoms with Gasteiger partial charge in [0.1, 0.15) is 5.01 Å². The van der Waals surface area contributed by atoms with Crippen molar-refractivity contribution < 1.29 is 17.9 Å². The van der Waals surface area contributed by atoms with Crippen LogP contribution in [0.1, 0.15) is 10.4 Å². The van der Waals surface area contributed by atoms with Crippen LogP contribution < -0.4 is 5.32 Å². The van der Waals surface area contributed by atoms with Crippen molar-refractivity contribution in [2.24, 2.45) is 0 Å². The second-order valence-electron chi connectivity index (χ2n) is 7.89. The molecule has 0 radical (unpaired) electrons. The molecule has 34 heavy (non-hydrogen) atoms. The Balaban J connectivity index is 1.25. The van der Waals surface area contributed by atoms with E-state index in [0.29, 0.717) is 31.9 Å². The number of para-hydroxylation sites is 1. The molecule has 1 aliphatic heterocycles. The van der Waals surface area contributed by atoms with Crippen LogP contribution in [0.2, 0.25) is 0 Å². The number of nitrogens with one attached hydrogen (secondary N) is 1. The van der Waals surface area contributed by atoms with Crippen LogP contribution >= 0.6 is 11.3 Å². The Bertz CT molecular complexity index is 1390. The van der Waals surface area contributed by atoms with Gasteiger partial charge in [0.25, 0.3) is 0 Å². The zero-order valence-corrected chi connectivity index (χ0v) is 19.9. The summed E-state index contributed by atoms with van der Waals surface area (Å²) >= 11 is 1.63. The number of nitrogens with zero attached hydrogens (tertiary/aromatic N) is 2. The highest BCUT2D eigenvalue weighted by atomic mass is 32.2. The predicted octanol–water partition coefficient (Wildman–Crippen LogP) is 4.28. The van der Waals surface area contributed by atoms with Crippen LogP contribution in [0.3, 0.4) is 0 Å². The Morgan fingerprint density at radius 3 is 2.53 bits per heavy atom. The molecule has 0 unspecified atom stereocenters. The first-order valence-corrected chi connectivity index (χ1v) is 13.2. The van der Waals surface area contributed by atoms with Gasteiger partial charge >= 0.3 is 0 Å². The summed E-state index contributed by atoms with van der Waals surface area (Å²) in [6.07, 6.45) is 0. The molecule has 0 spiro atoms. The fourth-order valence-electron chi connectivity index (χ4n) is 3.79. The number of Topliss-reactive ketones (excluding diaryl/α,β-unsaturated/α-hetero) is 1. The number of aromatic nitrogens is 1. The van der Waals surface area contributed by atoms with Gasteiger partial charge in [-0.2, -0.15) is 4.31 Å². The lowest BCUT2D eigenvalue weighted by Crippen LogP contribution is -2.40. The molecule has 0 atom stereocenters. The molecule has 174 valence electrons. The first-order valence-electron chi connectivity index (χ1n) is 10.9. The number of hydrogen-bond acceptors (Lipinski definition) is 7. The highest BCUT2D eigenvalue weighted by Gasteiger charge is 2.26. The standard InChI is InChI=1S/C25H23N3O4S2/c29-23(18-8-10-21(11-9-18)34(30,31)28-12-14-32-15-13-28)17-26-20-5-3-4-19(16-20)25-27-22-6-1-2-7-24(22)33-25/h1-11,16,26H,12-15,17H2. The van der Waals surface area contributed by atoms with E-state index in [1.54, 1.807) is 23.5 Å². The smallest absolute Gasteiger partial charge is 0.243 e. The van der Waals surface area contributed by atoms with E-state index < -0.39 is 10.0 Å². The first-order chi connectivity index (χ1) is 16.5. The molecule has 1 saturated heterocycles. The molecule has 9 heteroatoms. The number of fused-ring (bicyclic) bond motifs is 1. The molecule has 7 nitrogen and oxygen atoms in total. The quantitative estimate of drug-likeness (QED) is 0.387. The third-order valence-electron chi connectivity index (χ3n) is 5.64. The van der Waals surface area contributed by atoms with Crippen molar-refractivity contribution in [3.8, 4) is 10.6 Å². The minimum Gasteiger partial charge on any atom is -0.379 e. The van der Waals surface area contributed by atoms with Crippen LogP contribution in [0.25, 0.3) is 20.8 Å². The van der Waals surface area contributed by atoms with Crippen LogP contribution in [-0.4, -0.2) is 56.3 Å². The van der Waals surface area contributed by atoms with E-state index in [4.69, 9.17) is 9.72 Å². The molecule has 3 aromatic carbocycles. The van der Waals surface area contributed by atoms with Crippen LogP contribution in [0.5, 0.6) is 0 Å². The van der Waals surface area contributed by atoms with Gasteiger partial charge in [-0.3, -0.25) is 4.79 Å². The number of hydrogen-bond donors (Lipinski definition) is 1. The number of carbonyl (C=O) groups excluding carboxylic acids is 1. The number of anilines is 1. The van der Waals surface area contributed by atoms with E-state index in [2.05, 4.69) is 11.4 Å². The van der Waals surface area contributed by atoms with E-state index in [0.717, 1.165) is 26.5 Å². The summed E-state index contributed by atoms with van der Waals surface area (Å²) in [7, 11) is -3.58. The van der Waals surface area contributed by atoms with Gasteiger partial charge in [-0.25, -0.2) is 13.4 Å². The lowest BCUT2D eigenvalue weighted by atomic mass is 10.1. The Morgan fingerprint density at radius 1 is 1.00 bits per heavy atom. The number of ether oxygens (including phenoxy) is 1. The number of rotatable bonds is 7. The van der Waals surface area contributed by atoms with Gasteiger partial charge in [0.15, 0.2) is 5.78 Å². The van der Waals surface area contributed by atoms with Crippen LogP contribution in [-0.2, 0) is 14.8 Å². The molecular weight excluding hydrogens is 470 g/mol. The largest absolute Gasteiger partial charge is 0.379 e. The molecule has 0 amide bonds. The first kappa shape index (κ1) is 22.7. The lowest BCUT2D eigenvalue weighted by molar-refractivity contribution is 0.0730. The van der Waals surface area contributed by atoms with Crippen LogP contribution in [0, 0.1) is 0 Å². The molecular formula is C25H23N3O4S2. The normalized spacial score (nSPS) is 14.8. The SMILES string of the molecule is O=C(CNc1cccc(-c2nc3ccccc3s2)c1)c1ccc(S(=O)(=O)N2CCOCC2)cc1. The predicted molar refractivity (Wildman–Crippen MR) is 134 cm³/mol. The molecule has 1 N–H and O–H groups in total. The molecule has 2 heterocycles. The van der Waals surface area contributed by atoms with E-state index in [-0.39, 0.29) is 17.2 Å². The average Bonchev–Trinajstić information content (AvgIpc) is 3.33. The van der Waals surface area contributed by atoms with Crippen molar-refractivity contribution in [1.29, 1.82) is 0 Å². The number of sulfonamides is 1. The molecule has 0 saturated carbocycles. The van der Waals surface area contributed by atoms with Gasteiger partial charge < -0.3 is 10.1 Å². The molecule has 1 aliphatic rings. The summed E-state index contributed by atoms with van der Waals surface area (Å²) in [6, 6.07) is 21.9. The summed E-state index contributed by atoms with van der Waals surface area (Å²) in [5.74, 6) is -0.124. The fraction of sp³-hybridized carbons (Fsp3) is 0.200. The van der Waals surface area contributed by atoms with E-state index in [1.165, 1.54) is 16.4 Å².